The van der Waals surface area contributed by atoms with E-state index in [1.54, 1.807) is 27.7 Å². The van der Waals surface area contributed by atoms with E-state index in [-0.39, 0.29) is 36.2 Å². The van der Waals surface area contributed by atoms with Crippen LogP contribution in [-0.4, -0.2) is 108 Å². The fourth-order valence-corrected chi connectivity index (χ4v) is 8.53. The minimum absolute atomic E-state index is 0.175. The van der Waals surface area contributed by atoms with Gasteiger partial charge in [-0.1, -0.05) is 62.4 Å². The SMILES string of the molecule is COC(=O)N[C@@H](Cc1cscn1)C(=O)N1CCCC1c1ncc(-c2ccc(-c3ccc(-c4cnc([C@@H]5CCCN5C(=O)[C@H](C(C)C)N(C)C(=O)O)[nH]4)cc3)cc2)[nH]1. The summed E-state index contributed by atoms with van der Waals surface area (Å²) in [7, 11) is 2.72. The number of amides is 4. The van der Waals surface area contributed by atoms with Gasteiger partial charge in [0.2, 0.25) is 11.8 Å². The van der Waals surface area contributed by atoms with Gasteiger partial charge in [-0.2, -0.15) is 0 Å². The van der Waals surface area contributed by atoms with Crippen LogP contribution in [0.2, 0.25) is 0 Å². The lowest BCUT2D eigenvalue weighted by molar-refractivity contribution is -0.138. The first-order chi connectivity index (χ1) is 27.5. The number of hydrogen-bond donors (Lipinski definition) is 4. The summed E-state index contributed by atoms with van der Waals surface area (Å²) in [5.41, 5.74) is 8.09. The van der Waals surface area contributed by atoms with Gasteiger partial charge in [0.05, 0.1) is 54.2 Å². The highest BCUT2D eigenvalue weighted by molar-refractivity contribution is 7.07. The molecule has 4 N–H and O–H groups in total. The minimum Gasteiger partial charge on any atom is -0.465 e. The number of hydrogen-bond acceptors (Lipinski definition) is 9. The number of H-pyrrole nitrogens is 2. The van der Waals surface area contributed by atoms with Gasteiger partial charge in [-0.3, -0.25) is 14.5 Å². The number of carbonyl (C=O) groups excluding carboxylic acids is 3. The van der Waals surface area contributed by atoms with E-state index in [0.717, 1.165) is 69.9 Å². The van der Waals surface area contributed by atoms with Crippen molar-refractivity contribution < 1.29 is 29.0 Å². The van der Waals surface area contributed by atoms with Gasteiger partial charge in [-0.05, 0) is 53.9 Å². The van der Waals surface area contributed by atoms with Gasteiger partial charge in [0, 0.05) is 31.9 Å². The van der Waals surface area contributed by atoms with Gasteiger partial charge in [0.25, 0.3) is 0 Å². The highest BCUT2D eigenvalue weighted by atomic mass is 32.1. The van der Waals surface area contributed by atoms with Crippen molar-refractivity contribution in [2.45, 2.75) is 70.1 Å². The second-order valence-electron chi connectivity index (χ2n) is 14.9. The third-order valence-electron chi connectivity index (χ3n) is 10.9. The summed E-state index contributed by atoms with van der Waals surface area (Å²) < 4.78 is 4.80. The van der Waals surface area contributed by atoms with Crippen LogP contribution in [0.4, 0.5) is 9.59 Å². The van der Waals surface area contributed by atoms with E-state index >= 15 is 0 Å². The molecular formula is C41H47N9O6S. The maximum atomic E-state index is 13.8. The number of likely N-dealkylation sites (N-methyl/N-ethyl adjacent to an activating group) is 1. The average molecular weight is 794 g/mol. The highest BCUT2D eigenvalue weighted by Gasteiger charge is 2.40. The van der Waals surface area contributed by atoms with Crippen molar-refractivity contribution in [1.29, 1.82) is 0 Å². The van der Waals surface area contributed by atoms with Crippen molar-refractivity contribution >= 4 is 35.3 Å². The molecule has 2 aliphatic heterocycles. The first-order valence-corrected chi connectivity index (χ1v) is 20.1. The van der Waals surface area contributed by atoms with Crippen molar-refractivity contribution in [3.63, 3.8) is 0 Å². The number of carboxylic acid groups (broad SMARTS) is 1. The Labute approximate surface area is 334 Å². The second-order valence-corrected chi connectivity index (χ2v) is 15.6. The average Bonchev–Trinajstić information content (AvgIpc) is 4.07. The molecule has 7 rings (SSSR count). The number of nitrogens with one attached hydrogen (secondary N) is 3. The van der Waals surface area contributed by atoms with Crippen LogP contribution < -0.4 is 5.32 Å². The molecule has 2 saturated heterocycles. The van der Waals surface area contributed by atoms with Crippen LogP contribution >= 0.6 is 11.3 Å². The normalized spacial score (nSPS) is 17.8. The third kappa shape index (κ3) is 8.40. The molecule has 5 heterocycles. The molecule has 298 valence electrons. The summed E-state index contributed by atoms with van der Waals surface area (Å²) in [6.07, 6.45) is 5.17. The van der Waals surface area contributed by atoms with Crippen molar-refractivity contribution in [2.24, 2.45) is 5.92 Å². The van der Waals surface area contributed by atoms with Crippen LogP contribution in [0.1, 0.15) is 69.0 Å². The van der Waals surface area contributed by atoms with Crippen LogP contribution in [-0.2, 0) is 20.7 Å². The quantitative estimate of drug-likeness (QED) is 0.109. The van der Waals surface area contributed by atoms with E-state index in [0.29, 0.717) is 24.7 Å². The molecule has 2 aromatic carbocycles. The van der Waals surface area contributed by atoms with E-state index in [4.69, 9.17) is 4.74 Å². The van der Waals surface area contributed by atoms with Crippen LogP contribution in [0.5, 0.6) is 0 Å². The molecule has 0 bridgehead atoms. The topological polar surface area (TPSA) is 190 Å². The Bertz CT molecular complexity index is 2180. The predicted octanol–water partition coefficient (Wildman–Crippen LogP) is 6.52. The zero-order valence-electron chi connectivity index (χ0n) is 32.3. The number of thiazole rings is 1. The fourth-order valence-electron chi connectivity index (χ4n) is 7.96. The molecule has 16 heteroatoms. The summed E-state index contributed by atoms with van der Waals surface area (Å²) >= 11 is 1.43. The van der Waals surface area contributed by atoms with Crippen molar-refractivity contribution in [3.8, 4) is 33.6 Å². The molecule has 2 aliphatic rings. The molecular weight excluding hydrogens is 747 g/mol. The van der Waals surface area contributed by atoms with Crippen LogP contribution in [0.3, 0.4) is 0 Å². The van der Waals surface area contributed by atoms with Crippen LogP contribution in [0, 0.1) is 5.92 Å². The molecule has 2 fully saturated rings. The molecule has 0 spiro atoms. The van der Waals surface area contributed by atoms with E-state index in [1.165, 1.54) is 25.5 Å². The number of carbonyl (C=O) groups is 4. The molecule has 0 radical (unpaired) electrons. The maximum Gasteiger partial charge on any atom is 0.407 e. The second kappa shape index (κ2) is 17.0. The van der Waals surface area contributed by atoms with Gasteiger partial charge in [0.15, 0.2) is 0 Å². The minimum atomic E-state index is -1.13. The zero-order valence-corrected chi connectivity index (χ0v) is 33.2. The fraction of sp³-hybridized carbons (Fsp3) is 0.390. The Kier molecular flexibility index (Phi) is 11.7. The number of aromatic nitrogens is 5. The number of rotatable bonds is 12. The first-order valence-electron chi connectivity index (χ1n) is 19.1. The molecule has 15 nitrogen and oxygen atoms in total. The Morgan fingerprint density at radius 3 is 1.81 bits per heavy atom. The number of nitrogens with zero attached hydrogens (tertiary/aromatic N) is 6. The molecule has 4 amide bonds. The molecule has 4 atom stereocenters. The summed E-state index contributed by atoms with van der Waals surface area (Å²) in [6.45, 7) is 4.83. The Morgan fingerprint density at radius 2 is 1.35 bits per heavy atom. The number of aromatic amines is 2. The van der Waals surface area contributed by atoms with E-state index in [2.05, 4.69) is 54.5 Å². The molecule has 0 aliphatic carbocycles. The Hall–Kier alpha value is -6.03. The van der Waals surface area contributed by atoms with E-state index in [9.17, 15) is 24.3 Å². The highest BCUT2D eigenvalue weighted by Crippen LogP contribution is 2.35. The lowest BCUT2D eigenvalue weighted by Crippen LogP contribution is -2.51. The van der Waals surface area contributed by atoms with Crippen molar-refractivity contribution in [2.75, 3.05) is 27.2 Å². The summed E-state index contributed by atoms with van der Waals surface area (Å²) in [5, 5.41) is 14.1. The molecule has 3 aromatic heterocycles. The standard InChI is InChI=1S/C41H47N9O6S/c1-24(2)35(48(3)41(54)55)39(52)50-18-6-8-34(50)37-43-21-32(46-37)28-15-11-26(12-16-28)25-9-13-27(14-10-25)31-20-42-36(45-31)33-7-5-17-49(33)38(51)30(47-40(53)56-4)19-29-22-57-23-44-29/h9-16,20-24,30,33-35H,5-8,17-19H2,1-4H3,(H,42,45)(H,43,46)(H,47,53)(H,54,55)/t30-,33?,34-,35-/m0/s1. The number of imidazole rings is 2. The molecule has 57 heavy (non-hydrogen) atoms. The first kappa shape index (κ1) is 39.2. The van der Waals surface area contributed by atoms with Gasteiger partial charge >= 0.3 is 12.2 Å². The number of methoxy groups -OCH3 is 1. The van der Waals surface area contributed by atoms with E-state index in [1.807, 2.05) is 43.5 Å². The van der Waals surface area contributed by atoms with Gasteiger partial charge in [-0.15, -0.1) is 11.3 Å². The Morgan fingerprint density at radius 1 is 0.842 bits per heavy atom. The predicted molar refractivity (Wildman–Crippen MR) is 214 cm³/mol. The monoisotopic (exact) mass is 793 g/mol. The molecule has 5 aromatic rings. The smallest absolute Gasteiger partial charge is 0.407 e. The van der Waals surface area contributed by atoms with Gasteiger partial charge in [-0.25, -0.2) is 24.5 Å². The summed E-state index contributed by atoms with van der Waals surface area (Å²) in [4.78, 5) is 76.4. The van der Waals surface area contributed by atoms with Crippen LogP contribution in [0.25, 0.3) is 33.6 Å². The van der Waals surface area contributed by atoms with Crippen molar-refractivity contribution in [1.82, 2.24) is 44.9 Å². The lowest BCUT2D eigenvalue weighted by Gasteiger charge is -2.33. The molecule has 1 unspecified atom stereocenters. The number of likely N-dealkylation sites (tertiary alicyclic amines) is 2. The largest absolute Gasteiger partial charge is 0.465 e. The summed E-state index contributed by atoms with van der Waals surface area (Å²) in [5.74, 6) is 0.809. The zero-order chi connectivity index (χ0) is 40.2. The van der Waals surface area contributed by atoms with E-state index < -0.39 is 24.3 Å². The maximum absolute atomic E-state index is 13.8. The number of ether oxygens (including phenoxy) is 1. The lowest BCUT2D eigenvalue weighted by atomic mass is 10.0. The Balaban J connectivity index is 1.00. The van der Waals surface area contributed by atoms with Gasteiger partial charge in [0.1, 0.15) is 23.7 Å². The third-order valence-corrected chi connectivity index (χ3v) is 11.5. The van der Waals surface area contributed by atoms with Crippen LogP contribution in [0.15, 0.2) is 71.8 Å². The number of benzene rings is 2. The summed E-state index contributed by atoms with van der Waals surface area (Å²) in [6, 6.07) is 14.3. The van der Waals surface area contributed by atoms with Crippen molar-refractivity contribution in [3.05, 3.63) is 89.2 Å². The van der Waals surface area contributed by atoms with Gasteiger partial charge < -0.3 is 34.9 Å². The molecule has 0 saturated carbocycles. The number of alkyl carbamates (subject to hydrolysis) is 1.